The first-order valence-corrected chi connectivity index (χ1v) is 15.6. The van der Waals surface area contributed by atoms with Crippen molar-refractivity contribution in [2.75, 3.05) is 0 Å². The molecule has 0 radical (unpaired) electrons. The van der Waals surface area contributed by atoms with Crippen LogP contribution in [0.2, 0.25) is 0 Å². The lowest BCUT2D eigenvalue weighted by molar-refractivity contribution is 0.401. The first kappa shape index (κ1) is 27.6. The molecular formula is C27H24Br2O6S2. The Morgan fingerprint density at radius 2 is 1.19 bits per heavy atom. The van der Waals surface area contributed by atoms with Crippen LogP contribution >= 0.6 is 31.9 Å². The molecule has 2 atom stereocenters. The van der Waals surface area contributed by atoms with Crippen molar-refractivity contribution in [2.24, 2.45) is 11.8 Å². The predicted octanol–water partition coefficient (Wildman–Crippen LogP) is 6.84. The molecule has 0 heterocycles. The van der Waals surface area contributed by atoms with Crippen molar-refractivity contribution < 1.29 is 25.2 Å². The lowest BCUT2D eigenvalue weighted by Gasteiger charge is -2.33. The van der Waals surface area contributed by atoms with Crippen molar-refractivity contribution in [3.63, 3.8) is 0 Å². The number of hydrogen-bond acceptors (Lipinski definition) is 6. The molecule has 6 nitrogen and oxygen atoms in total. The molecule has 0 amide bonds. The molecule has 3 aromatic carbocycles. The minimum Gasteiger partial charge on any atom is -0.379 e. The van der Waals surface area contributed by atoms with Gasteiger partial charge in [-0.15, -0.1) is 6.58 Å². The van der Waals surface area contributed by atoms with Crippen molar-refractivity contribution in [1.82, 2.24) is 0 Å². The summed E-state index contributed by atoms with van der Waals surface area (Å²) in [6.07, 6.45) is 2.58. The van der Waals surface area contributed by atoms with Gasteiger partial charge in [0.15, 0.2) is 0 Å². The summed E-state index contributed by atoms with van der Waals surface area (Å²) >= 11 is 6.59. The van der Waals surface area contributed by atoms with E-state index in [9.17, 15) is 16.8 Å². The zero-order valence-corrected chi connectivity index (χ0v) is 24.7. The lowest BCUT2D eigenvalue weighted by atomic mass is 9.72. The van der Waals surface area contributed by atoms with Crippen LogP contribution in [-0.2, 0) is 33.1 Å². The SMILES string of the molecule is C=CC1Cc2c(OS(=O)(=O)c3ccc(Br)cc3)ccc(OS(=O)(=O)c3ccc(Br)cc3)c2CC1C(=C)C. The molecule has 3 aromatic rings. The van der Waals surface area contributed by atoms with Crippen LogP contribution < -0.4 is 8.37 Å². The van der Waals surface area contributed by atoms with E-state index in [4.69, 9.17) is 8.37 Å². The van der Waals surface area contributed by atoms with Crippen molar-refractivity contribution in [2.45, 2.75) is 29.6 Å². The first-order chi connectivity index (χ1) is 17.4. The van der Waals surface area contributed by atoms with Gasteiger partial charge in [0.2, 0.25) is 0 Å². The Labute approximate surface area is 234 Å². The summed E-state index contributed by atoms with van der Waals surface area (Å²) in [6.45, 7) is 9.95. The van der Waals surface area contributed by atoms with Crippen LogP contribution in [0, 0.1) is 11.8 Å². The van der Waals surface area contributed by atoms with Gasteiger partial charge in [-0.1, -0.05) is 50.1 Å². The van der Waals surface area contributed by atoms with E-state index in [1.807, 2.05) is 6.92 Å². The highest BCUT2D eigenvalue weighted by molar-refractivity contribution is 9.10. The maximum Gasteiger partial charge on any atom is 0.339 e. The Morgan fingerprint density at radius 1 is 0.784 bits per heavy atom. The summed E-state index contributed by atoms with van der Waals surface area (Å²) in [4.78, 5) is -0.00249. The zero-order valence-electron chi connectivity index (χ0n) is 19.9. The van der Waals surface area contributed by atoms with Gasteiger partial charge in [0.05, 0.1) is 0 Å². The van der Waals surface area contributed by atoms with Crippen LogP contribution in [0.4, 0.5) is 0 Å². The monoisotopic (exact) mass is 666 g/mol. The molecule has 0 aliphatic heterocycles. The molecule has 0 saturated carbocycles. The van der Waals surface area contributed by atoms with Crippen LogP contribution in [0.3, 0.4) is 0 Å². The Balaban J connectivity index is 1.79. The fourth-order valence-corrected chi connectivity index (χ4v) is 6.77. The molecule has 0 saturated heterocycles. The Morgan fingerprint density at radius 3 is 1.57 bits per heavy atom. The average molecular weight is 668 g/mol. The molecule has 194 valence electrons. The van der Waals surface area contributed by atoms with Crippen LogP contribution in [-0.4, -0.2) is 16.8 Å². The van der Waals surface area contributed by atoms with Gasteiger partial charge >= 0.3 is 20.2 Å². The molecule has 4 rings (SSSR count). The summed E-state index contributed by atoms with van der Waals surface area (Å²) < 4.78 is 64.9. The third kappa shape index (κ3) is 6.03. The van der Waals surface area contributed by atoms with Crippen LogP contribution in [0.5, 0.6) is 11.5 Å². The molecule has 0 aromatic heterocycles. The van der Waals surface area contributed by atoms with Crippen LogP contribution in [0.25, 0.3) is 0 Å². The lowest BCUT2D eigenvalue weighted by Crippen LogP contribution is -2.26. The van der Waals surface area contributed by atoms with Crippen LogP contribution in [0.15, 0.2) is 104 Å². The van der Waals surface area contributed by atoms with E-state index in [1.165, 1.54) is 36.4 Å². The molecule has 10 heteroatoms. The van der Waals surface area contributed by atoms with E-state index >= 15 is 0 Å². The normalized spacial score (nSPS) is 17.5. The van der Waals surface area contributed by atoms with Crippen molar-refractivity contribution in [1.29, 1.82) is 0 Å². The average Bonchev–Trinajstić information content (AvgIpc) is 2.85. The third-order valence-corrected chi connectivity index (χ3v) is 9.82. The molecule has 2 unspecified atom stereocenters. The molecular weight excluding hydrogens is 644 g/mol. The second-order valence-electron chi connectivity index (χ2n) is 8.76. The predicted molar refractivity (Wildman–Crippen MR) is 150 cm³/mol. The molecule has 0 bridgehead atoms. The molecule has 37 heavy (non-hydrogen) atoms. The number of fused-ring (bicyclic) bond motifs is 1. The minimum atomic E-state index is -4.14. The summed E-state index contributed by atoms with van der Waals surface area (Å²) in [7, 11) is -8.28. The van der Waals surface area contributed by atoms with Gasteiger partial charge in [0, 0.05) is 20.1 Å². The van der Waals surface area contributed by atoms with E-state index in [0.717, 1.165) is 14.5 Å². The fourth-order valence-electron chi connectivity index (χ4n) is 4.33. The van der Waals surface area contributed by atoms with Crippen molar-refractivity contribution in [3.05, 3.63) is 106 Å². The number of benzene rings is 3. The maximum atomic E-state index is 13.1. The number of hydrogen-bond donors (Lipinski definition) is 0. The highest BCUT2D eigenvalue weighted by Crippen LogP contribution is 2.44. The Hall–Kier alpha value is -2.40. The van der Waals surface area contributed by atoms with Gasteiger partial charge in [0.25, 0.3) is 0 Å². The fraction of sp³-hybridized carbons (Fsp3) is 0.185. The number of halogens is 2. The summed E-state index contributed by atoms with van der Waals surface area (Å²) in [5.41, 5.74) is 2.04. The molecule has 0 spiro atoms. The van der Waals surface area contributed by atoms with Gasteiger partial charge in [-0.25, -0.2) is 0 Å². The van der Waals surface area contributed by atoms with E-state index in [2.05, 4.69) is 45.0 Å². The standard InChI is InChI=1S/C27H24Br2O6S2/c1-4-18-15-24-25(16-23(18)17(2)3)27(35-37(32,33)22-11-7-20(29)8-12-22)14-13-26(24)34-36(30,31)21-9-5-19(28)6-10-21/h4-14,18,23H,1-2,15-16H2,3H3. The molecule has 0 fully saturated rings. The van der Waals surface area contributed by atoms with Gasteiger partial charge in [0.1, 0.15) is 21.3 Å². The van der Waals surface area contributed by atoms with Gasteiger partial charge in [-0.3, -0.25) is 0 Å². The smallest absolute Gasteiger partial charge is 0.339 e. The van der Waals surface area contributed by atoms with Gasteiger partial charge in [-0.2, -0.15) is 16.8 Å². The largest absolute Gasteiger partial charge is 0.379 e. The highest BCUT2D eigenvalue weighted by Gasteiger charge is 2.34. The third-order valence-electron chi connectivity index (χ3n) is 6.27. The zero-order chi connectivity index (χ0) is 27.0. The van der Waals surface area contributed by atoms with Gasteiger partial charge < -0.3 is 8.37 Å². The summed E-state index contributed by atoms with van der Waals surface area (Å²) in [5.74, 6) is 0.181. The highest BCUT2D eigenvalue weighted by atomic mass is 79.9. The first-order valence-electron chi connectivity index (χ1n) is 11.2. The molecule has 0 N–H and O–H groups in total. The Kier molecular flexibility index (Phi) is 8.04. The number of rotatable bonds is 8. The van der Waals surface area contributed by atoms with Gasteiger partial charge in [-0.05, 0) is 92.3 Å². The summed E-state index contributed by atoms with van der Waals surface area (Å²) in [5, 5.41) is 0. The van der Waals surface area contributed by atoms with Crippen molar-refractivity contribution >= 4 is 52.1 Å². The summed E-state index contributed by atoms with van der Waals surface area (Å²) in [6, 6.07) is 15.1. The number of allylic oxidation sites excluding steroid dienone is 2. The van der Waals surface area contributed by atoms with Crippen molar-refractivity contribution in [3.8, 4) is 11.5 Å². The minimum absolute atomic E-state index is 0.00109. The maximum absolute atomic E-state index is 13.1. The van der Waals surface area contributed by atoms with E-state index in [1.54, 1.807) is 30.3 Å². The van der Waals surface area contributed by atoms with E-state index in [0.29, 0.717) is 24.0 Å². The Bertz CT molecular complexity index is 1560. The second kappa shape index (κ2) is 10.8. The quantitative estimate of drug-likeness (QED) is 0.193. The topological polar surface area (TPSA) is 86.7 Å². The van der Waals surface area contributed by atoms with E-state index < -0.39 is 20.2 Å². The molecule has 1 aliphatic rings. The molecule has 1 aliphatic carbocycles. The van der Waals surface area contributed by atoms with E-state index in [-0.39, 0.29) is 33.1 Å². The second-order valence-corrected chi connectivity index (χ2v) is 13.7. The van der Waals surface area contributed by atoms with Crippen LogP contribution in [0.1, 0.15) is 18.1 Å².